The zero-order valence-corrected chi connectivity index (χ0v) is 11.9. The van der Waals surface area contributed by atoms with E-state index in [9.17, 15) is 4.79 Å². The van der Waals surface area contributed by atoms with Crippen molar-refractivity contribution in [2.75, 3.05) is 6.61 Å². The van der Waals surface area contributed by atoms with Crippen LogP contribution < -0.4 is 4.74 Å². The van der Waals surface area contributed by atoms with E-state index in [1.165, 1.54) is 0 Å². The summed E-state index contributed by atoms with van der Waals surface area (Å²) in [6.07, 6.45) is -0.385. The molecule has 0 spiro atoms. The Hall–Kier alpha value is -2.81. The van der Waals surface area contributed by atoms with Gasteiger partial charge >= 0.3 is 5.97 Å². The van der Waals surface area contributed by atoms with Crippen molar-refractivity contribution in [1.29, 1.82) is 0 Å². The maximum Gasteiger partial charge on any atom is 0.342 e. The van der Waals surface area contributed by atoms with Crippen molar-refractivity contribution in [3.05, 3.63) is 77.9 Å². The van der Waals surface area contributed by atoms with Crippen LogP contribution in [-0.4, -0.2) is 12.6 Å². The van der Waals surface area contributed by atoms with Gasteiger partial charge in [-0.25, -0.2) is 4.79 Å². The van der Waals surface area contributed by atoms with Gasteiger partial charge in [0.25, 0.3) is 0 Å². The number of ether oxygens (including phenoxy) is 2. The topological polar surface area (TPSA) is 35.5 Å². The molecule has 1 aliphatic rings. The minimum absolute atomic E-state index is 0.321. The number of fused-ring (bicyclic) bond motifs is 2. The summed E-state index contributed by atoms with van der Waals surface area (Å²) in [7, 11) is 0. The second-order valence-corrected chi connectivity index (χ2v) is 5.31. The highest BCUT2D eigenvalue weighted by molar-refractivity contribution is 5.99. The summed E-state index contributed by atoms with van der Waals surface area (Å²) in [4.78, 5) is 12.4. The first kappa shape index (κ1) is 12.9. The summed E-state index contributed by atoms with van der Waals surface area (Å²) >= 11 is 0. The van der Waals surface area contributed by atoms with Crippen LogP contribution in [0.1, 0.15) is 22.0 Å². The molecule has 0 bridgehead atoms. The van der Waals surface area contributed by atoms with Gasteiger partial charge in [0.15, 0.2) is 6.10 Å². The summed E-state index contributed by atoms with van der Waals surface area (Å²) in [5.41, 5.74) is 1.42. The maximum atomic E-state index is 12.4. The molecule has 0 amide bonds. The molecule has 108 valence electrons. The van der Waals surface area contributed by atoms with Crippen LogP contribution in [0.5, 0.6) is 5.75 Å². The number of hydrogen-bond acceptors (Lipinski definition) is 3. The van der Waals surface area contributed by atoms with Crippen molar-refractivity contribution < 1.29 is 14.3 Å². The third kappa shape index (κ3) is 2.21. The van der Waals surface area contributed by atoms with Crippen LogP contribution in [0, 0.1) is 0 Å². The van der Waals surface area contributed by atoms with E-state index >= 15 is 0 Å². The van der Waals surface area contributed by atoms with E-state index in [1.54, 1.807) is 0 Å². The Balaban J connectivity index is 1.75. The normalized spacial score (nSPS) is 17.3. The lowest BCUT2D eigenvalue weighted by Gasteiger charge is -2.14. The predicted molar refractivity (Wildman–Crippen MR) is 84.0 cm³/mol. The Morgan fingerprint density at radius 1 is 0.864 bits per heavy atom. The zero-order valence-electron chi connectivity index (χ0n) is 11.9. The zero-order chi connectivity index (χ0) is 14.9. The first-order chi connectivity index (χ1) is 10.8. The van der Waals surface area contributed by atoms with E-state index < -0.39 is 0 Å². The smallest absolute Gasteiger partial charge is 0.342 e. The van der Waals surface area contributed by atoms with Gasteiger partial charge in [0.2, 0.25) is 0 Å². The van der Waals surface area contributed by atoms with Crippen LogP contribution >= 0.6 is 0 Å². The monoisotopic (exact) mass is 290 g/mol. The van der Waals surface area contributed by atoms with E-state index in [0.717, 1.165) is 16.3 Å². The van der Waals surface area contributed by atoms with Gasteiger partial charge in [-0.2, -0.15) is 0 Å². The lowest BCUT2D eigenvalue weighted by atomic mass is 10.1. The largest absolute Gasteiger partial charge is 0.488 e. The third-order valence-corrected chi connectivity index (χ3v) is 3.88. The molecule has 3 heteroatoms. The Bertz CT molecular complexity index is 840. The fourth-order valence-electron chi connectivity index (χ4n) is 2.72. The number of carbonyl (C=O) groups excluding carboxylic acids is 1. The highest BCUT2D eigenvalue weighted by Crippen LogP contribution is 2.32. The van der Waals surface area contributed by atoms with Crippen LogP contribution in [0.2, 0.25) is 0 Å². The molecule has 0 fully saturated rings. The number of rotatable bonds is 1. The fourth-order valence-corrected chi connectivity index (χ4v) is 2.72. The highest BCUT2D eigenvalue weighted by Gasteiger charge is 2.26. The summed E-state index contributed by atoms with van der Waals surface area (Å²) in [5.74, 6) is 0.245. The molecule has 3 nitrogen and oxygen atoms in total. The van der Waals surface area contributed by atoms with Gasteiger partial charge in [0.05, 0.1) is 0 Å². The second kappa shape index (κ2) is 5.19. The van der Waals surface area contributed by atoms with Gasteiger partial charge in [-0.1, -0.05) is 54.6 Å². The van der Waals surface area contributed by atoms with Gasteiger partial charge in [0, 0.05) is 0 Å². The molecule has 1 aliphatic heterocycles. The minimum Gasteiger partial charge on any atom is -0.488 e. The van der Waals surface area contributed by atoms with Crippen LogP contribution in [0.3, 0.4) is 0 Å². The lowest BCUT2D eigenvalue weighted by Crippen LogP contribution is -2.13. The minimum atomic E-state index is -0.385. The molecule has 1 heterocycles. The molecule has 0 unspecified atom stereocenters. The molecular formula is C19H14O3. The number of carbonyl (C=O) groups is 1. The van der Waals surface area contributed by atoms with Gasteiger partial charge in [-0.3, -0.25) is 0 Å². The average molecular weight is 290 g/mol. The molecule has 0 aromatic heterocycles. The molecule has 0 saturated carbocycles. The van der Waals surface area contributed by atoms with Crippen molar-refractivity contribution in [1.82, 2.24) is 0 Å². The molecule has 22 heavy (non-hydrogen) atoms. The number of hydrogen-bond donors (Lipinski definition) is 0. The fraction of sp³-hybridized carbons (Fsp3) is 0.105. The molecule has 4 rings (SSSR count). The van der Waals surface area contributed by atoms with E-state index in [-0.39, 0.29) is 12.1 Å². The van der Waals surface area contributed by atoms with Crippen LogP contribution in [-0.2, 0) is 4.74 Å². The molecule has 0 radical (unpaired) electrons. The van der Waals surface area contributed by atoms with E-state index in [2.05, 4.69) is 0 Å². The molecular weight excluding hydrogens is 276 g/mol. The summed E-state index contributed by atoms with van der Waals surface area (Å²) in [6, 6.07) is 21.3. The van der Waals surface area contributed by atoms with Crippen molar-refractivity contribution in [2.24, 2.45) is 0 Å². The van der Waals surface area contributed by atoms with Crippen molar-refractivity contribution in [3.8, 4) is 5.75 Å². The first-order valence-corrected chi connectivity index (χ1v) is 7.23. The summed E-state index contributed by atoms with van der Waals surface area (Å²) < 4.78 is 11.5. The highest BCUT2D eigenvalue weighted by atomic mass is 16.6. The average Bonchev–Trinajstić information content (AvgIpc) is 2.73. The van der Waals surface area contributed by atoms with Gasteiger partial charge in [-0.15, -0.1) is 0 Å². The number of cyclic esters (lactones) is 1. The Morgan fingerprint density at radius 2 is 1.55 bits per heavy atom. The lowest BCUT2D eigenvalue weighted by molar-refractivity contribution is 0.0231. The van der Waals surface area contributed by atoms with E-state index in [0.29, 0.717) is 17.9 Å². The standard InChI is InChI=1S/C19H14O3/c20-19-16-10-14-8-4-5-9-15(14)11-17(16)21-12-18(22-19)13-6-2-1-3-7-13/h1-11,18H,12H2/t18-/m0/s1. The van der Waals surface area contributed by atoms with E-state index in [4.69, 9.17) is 9.47 Å². The molecule has 3 aromatic carbocycles. The predicted octanol–water partition coefficient (Wildman–Crippen LogP) is 4.13. The quantitative estimate of drug-likeness (QED) is 0.632. The Kier molecular flexibility index (Phi) is 3.04. The Labute approximate surface area is 128 Å². The number of benzene rings is 3. The first-order valence-electron chi connectivity index (χ1n) is 7.23. The third-order valence-electron chi connectivity index (χ3n) is 3.88. The molecule has 1 atom stereocenters. The van der Waals surface area contributed by atoms with Crippen molar-refractivity contribution in [3.63, 3.8) is 0 Å². The van der Waals surface area contributed by atoms with Gasteiger partial charge in [0.1, 0.15) is 17.9 Å². The molecule has 0 N–H and O–H groups in total. The Morgan fingerprint density at radius 3 is 2.32 bits per heavy atom. The van der Waals surface area contributed by atoms with Gasteiger partial charge < -0.3 is 9.47 Å². The van der Waals surface area contributed by atoms with Crippen LogP contribution in [0.4, 0.5) is 0 Å². The number of esters is 1. The van der Waals surface area contributed by atoms with Crippen molar-refractivity contribution in [2.45, 2.75) is 6.10 Å². The maximum absolute atomic E-state index is 12.4. The van der Waals surface area contributed by atoms with Gasteiger partial charge in [-0.05, 0) is 28.5 Å². The van der Waals surface area contributed by atoms with Crippen LogP contribution in [0.15, 0.2) is 66.7 Å². The molecule has 0 aliphatic carbocycles. The molecule has 0 saturated heterocycles. The summed E-state index contributed by atoms with van der Waals surface area (Å²) in [5, 5.41) is 2.05. The van der Waals surface area contributed by atoms with Crippen LogP contribution in [0.25, 0.3) is 10.8 Å². The molecule has 3 aromatic rings. The second-order valence-electron chi connectivity index (χ2n) is 5.31. The SMILES string of the molecule is O=C1O[C@H](c2ccccc2)COc2cc3ccccc3cc21. The summed E-state index contributed by atoms with van der Waals surface area (Å²) in [6.45, 7) is 0.321. The van der Waals surface area contributed by atoms with E-state index in [1.807, 2.05) is 66.7 Å². The van der Waals surface area contributed by atoms with Crippen molar-refractivity contribution >= 4 is 16.7 Å².